The van der Waals surface area contributed by atoms with Gasteiger partial charge in [0, 0.05) is 23.5 Å². The van der Waals surface area contributed by atoms with Gasteiger partial charge in [-0.2, -0.15) is 5.10 Å². The molecule has 132 valence electrons. The molecule has 7 nitrogen and oxygen atoms in total. The zero-order valence-electron chi connectivity index (χ0n) is 14.2. The van der Waals surface area contributed by atoms with Crippen LogP contribution < -0.4 is 10.9 Å². The molecular formula is C18H22N4O3. The number of aromatic amines is 1. The molecule has 2 aliphatic rings. The number of aromatic nitrogens is 2. The van der Waals surface area contributed by atoms with Crippen molar-refractivity contribution in [2.45, 2.75) is 50.7 Å². The monoisotopic (exact) mass is 342 g/mol. The van der Waals surface area contributed by atoms with E-state index in [0.717, 1.165) is 31.1 Å². The summed E-state index contributed by atoms with van der Waals surface area (Å²) in [7, 11) is 0. The van der Waals surface area contributed by atoms with Crippen LogP contribution in [0.3, 0.4) is 0 Å². The second kappa shape index (κ2) is 6.38. The second-order valence-electron chi connectivity index (χ2n) is 6.75. The predicted molar refractivity (Wildman–Crippen MR) is 94.7 cm³/mol. The van der Waals surface area contributed by atoms with Crippen LogP contribution in [0.15, 0.2) is 29.1 Å². The van der Waals surface area contributed by atoms with Crippen LogP contribution in [0.1, 0.15) is 32.6 Å². The van der Waals surface area contributed by atoms with Gasteiger partial charge < -0.3 is 15.0 Å². The maximum Gasteiger partial charge on any atom is 0.410 e. The molecule has 2 bridgehead atoms. The Morgan fingerprint density at radius 1 is 1.28 bits per heavy atom. The maximum absolute atomic E-state index is 12.2. The minimum Gasteiger partial charge on any atom is -0.450 e. The first-order chi connectivity index (χ1) is 12.2. The summed E-state index contributed by atoms with van der Waals surface area (Å²) in [4.78, 5) is 26.0. The highest BCUT2D eigenvalue weighted by Crippen LogP contribution is 2.37. The normalized spacial score (nSPS) is 25.2. The maximum atomic E-state index is 12.2. The number of nitrogens with one attached hydrogen (secondary N) is 2. The first-order valence-corrected chi connectivity index (χ1v) is 8.86. The molecule has 0 radical (unpaired) electrons. The van der Waals surface area contributed by atoms with Gasteiger partial charge in [-0.15, -0.1) is 0 Å². The number of fused-ring (bicyclic) bond motifs is 3. The molecule has 4 rings (SSSR count). The summed E-state index contributed by atoms with van der Waals surface area (Å²) in [6.45, 7) is 2.24. The summed E-state index contributed by atoms with van der Waals surface area (Å²) in [6, 6.07) is 8.11. The highest BCUT2D eigenvalue weighted by Gasteiger charge is 2.44. The van der Waals surface area contributed by atoms with Crippen LogP contribution in [0.4, 0.5) is 10.6 Å². The van der Waals surface area contributed by atoms with Gasteiger partial charge in [-0.25, -0.2) is 9.89 Å². The molecule has 2 atom stereocenters. The molecule has 0 saturated carbocycles. The van der Waals surface area contributed by atoms with Gasteiger partial charge in [0.1, 0.15) is 0 Å². The van der Waals surface area contributed by atoms with E-state index in [1.165, 1.54) is 0 Å². The standard InChI is InChI=1S/C18H22N4O3/c1-2-25-18(24)22-12-7-8-13(22)10-11(9-12)19-16-14-5-3-4-6-15(14)17(23)21-20-16/h3-6,11-13H,2,7-10H2,1H3,(H,19,20)(H,21,23)/t12-,13-/m0/s1. The molecule has 2 N–H and O–H groups in total. The van der Waals surface area contributed by atoms with Crippen molar-refractivity contribution < 1.29 is 9.53 Å². The summed E-state index contributed by atoms with van der Waals surface area (Å²) in [5, 5.41) is 11.7. The van der Waals surface area contributed by atoms with Gasteiger partial charge >= 0.3 is 6.09 Å². The topological polar surface area (TPSA) is 87.3 Å². The van der Waals surface area contributed by atoms with E-state index in [1.54, 1.807) is 6.07 Å². The zero-order valence-corrected chi connectivity index (χ0v) is 14.2. The number of nitrogens with zero attached hydrogens (tertiary/aromatic N) is 2. The average molecular weight is 342 g/mol. The van der Waals surface area contributed by atoms with Gasteiger partial charge in [0.05, 0.1) is 12.0 Å². The predicted octanol–water partition coefficient (Wildman–Crippen LogP) is 2.49. The number of anilines is 1. The number of rotatable bonds is 3. The summed E-state index contributed by atoms with van der Waals surface area (Å²) in [6.07, 6.45) is 3.57. The Labute approximate surface area is 145 Å². The lowest BCUT2D eigenvalue weighted by molar-refractivity contribution is 0.0711. The molecular weight excluding hydrogens is 320 g/mol. The van der Waals surface area contributed by atoms with E-state index in [4.69, 9.17) is 4.74 Å². The van der Waals surface area contributed by atoms with Crippen LogP contribution in [0.25, 0.3) is 10.8 Å². The summed E-state index contributed by atoms with van der Waals surface area (Å²) < 4.78 is 5.20. The van der Waals surface area contributed by atoms with E-state index in [2.05, 4.69) is 15.5 Å². The Morgan fingerprint density at radius 2 is 1.96 bits per heavy atom. The molecule has 1 aromatic carbocycles. The number of carbonyl (C=O) groups is 1. The van der Waals surface area contributed by atoms with Crippen molar-refractivity contribution in [2.75, 3.05) is 11.9 Å². The number of carbonyl (C=O) groups excluding carboxylic acids is 1. The third-order valence-electron chi connectivity index (χ3n) is 5.25. The van der Waals surface area contributed by atoms with E-state index in [1.807, 2.05) is 30.0 Å². The van der Waals surface area contributed by atoms with Gasteiger partial charge in [0.25, 0.3) is 5.56 Å². The molecule has 0 aliphatic carbocycles. The fourth-order valence-electron chi connectivity index (χ4n) is 4.21. The van der Waals surface area contributed by atoms with Gasteiger partial charge in [0.2, 0.25) is 0 Å². The van der Waals surface area contributed by atoms with E-state index in [-0.39, 0.29) is 29.8 Å². The Bertz CT molecular complexity index is 836. The third-order valence-corrected chi connectivity index (χ3v) is 5.25. The lowest BCUT2D eigenvalue weighted by Crippen LogP contribution is -2.50. The van der Waals surface area contributed by atoms with E-state index in [0.29, 0.717) is 17.8 Å². The molecule has 0 spiro atoms. The Morgan fingerprint density at radius 3 is 2.64 bits per heavy atom. The van der Waals surface area contributed by atoms with Crippen LogP contribution in [0.2, 0.25) is 0 Å². The summed E-state index contributed by atoms with van der Waals surface area (Å²) in [5.74, 6) is 0.698. The minimum atomic E-state index is -0.193. The van der Waals surface area contributed by atoms with Gasteiger partial charge in [0.15, 0.2) is 5.82 Å². The summed E-state index contributed by atoms with van der Waals surface area (Å²) in [5.41, 5.74) is -0.182. The SMILES string of the molecule is CCOC(=O)N1[C@H]2CC[C@H]1CC(Nc1n[nH]c(=O)c3ccccc13)C2. The molecule has 0 unspecified atom stereocenters. The van der Waals surface area contributed by atoms with Crippen LogP contribution in [0, 0.1) is 0 Å². The van der Waals surface area contributed by atoms with E-state index in [9.17, 15) is 9.59 Å². The minimum absolute atomic E-state index is 0.182. The molecule has 25 heavy (non-hydrogen) atoms. The van der Waals surface area contributed by atoms with Crippen molar-refractivity contribution in [1.82, 2.24) is 15.1 Å². The number of ether oxygens (including phenoxy) is 1. The first kappa shape index (κ1) is 15.9. The van der Waals surface area contributed by atoms with Crippen LogP contribution in [-0.2, 0) is 4.74 Å². The van der Waals surface area contributed by atoms with Gasteiger partial charge in [-0.1, -0.05) is 18.2 Å². The summed E-state index contributed by atoms with van der Waals surface area (Å²) >= 11 is 0. The van der Waals surface area contributed by atoms with Crippen molar-refractivity contribution in [1.29, 1.82) is 0 Å². The molecule has 1 amide bonds. The van der Waals surface area contributed by atoms with Crippen molar-refractivity contribution in [2.24, 2.45) is 0 Å². The highest BCUT2D eigenvalue weighted by molar-refractivity contribution is 5.90. The second-order valence-corrected chi connectivity index (χ2v) is 6.75. The van der Waals surface area contributed by atoms with Crippen molar-refractivity contribution in [3.8, 4) is 0 Å². The Kier molecular flexibility index (Phi) is 4.07. The Balaban J connectivity index is 1.54. The molecule has 7 heteroatoms. The molecule has 3 heterocycles. The highest BCUT2D eigenvalue weighted by atomic mass is 16.6. The largest absolute Gasteiger partial charge is 0.450 e. The van der Waals surface area contributed by atoms with Crippen molar-refractivity contribution in [3.63, 3.8) is 0 Å². The fraction of sp³-hybridized carbons (Fsp3) is 0.500. The number of amides is 1. The molecule has 2 saturated heterocycles. The quantitative estimate of drug-likeness (QED) is 0.895. The van der Waals surface area contributed by atoms with Crippen molar-refractivity contribution >= 4 is 22.7 Å². The number of hydrogen-bond acceptors (Lipinski definition) is 5. The van der Waals surface area contributed by atoms with Crippen LogP contribution in [-0.4, -0.2) is 45.9 Å². The fourth-order valence-corrected chi connectivity index (χ4v) is 4.21. The van der Waals surface area contributed by atoms with E-state index < -0.39 is 0 Å². The number of hydrogen-bond donors (Lipinski definition) is 2. The molecule has 1 aromatic heterocycles. The number of piperidine rings is 1. The lowest BCUT2D eigenvalue weighted by Gasteiger charge is -2.38. The lowest BCUT2D eigenvalue weighted by atomic mass is 9.97. The third kappa shape index (κ3) is 2.83. The van der Waals surface area contributed by atoms with Gasteiger partial charge in [-0.05, 0) is 38.7 Å². The van der Waals surface area contributed by atoms with Crippen molar-refractivity contribution in [3.05, 3.63) is 34.6 Å². The van der Waals surface area contributed by atoms with Crippen LogP contribution in [0.5, 0.6) is 0 Å². The van der Waals surface area contributed by atoms with Gasteiger partial charge in [-0.3, -0.25) is 4.79 Å². The molecule has 2 aromatic rings. The van der Waals surface area contributed by atoms with Crippen LogP contribution >= 0.6 is 0 Å². The molecule has 2 fully saturated rings. The smallest absolute Gasteiger partial charge is 0.410 e. The van der Waals surface area contributed by atoms with E-state index >= 15 is 0 Å². The number of H-pyrrole nitrogens is 1. The Hall–Kier alpha value is -2.57. The molecule has 2 aliphatic heterocycles. The zero-order chi connectivity index (χ0) is 17.4. The number of benzene rings is 1. The average Bonchev–Trinajstić information content (AvgIpc) is 2.89. The first-order valence-electron chi connectivity index (χ1n) is 8.86.